The first-order valence-electron chi connectivity index (χ1n) is 5.65. The highest BCUT2D eigenvalue weighted by atomic mass is 16.2. The van der Waals surface area contributed by atoms with Crippen molar-refractivity contribution in [2.75, 3.05) is 6.54 Å². The fourth-order valence-electron chi connectivity index (χ4n) is 1.93. The molecule has 1 unspecified atom stereocenters. The molecule has 2 heterocycles. The normalized spacial score (nSPS) is 24.3. The number of rotatable bonds is 3. The van der Waals surface area contributed by atoms with E-state index in [9.17, 15) is 4.79 Å². The smallest absolute Gasteiger partial charge is 0.237 e. The lowest BCUT2D eigenvalue weighted by Gasteiger charge is -2.10. The predicted octanol–water partition coefficient (Wildman–Crippen LogP) is 0.696. The molecule has 1 saturated heterocycles. The van der Waals surface area contributed by atoms with Crippen LogP contribution in [0.1, 0.15) is 18.9 Å². The lowest BCUT2D eigenvalue weighted by molar-refractivity contribution is -0.123. The first-order valence-corrected chi connectivity index (χ1v) is 5.65. The second-order valence-electron chi connectivity index (χ2n) is 4.37. The van der Waals surface area contributed by atoms with Gasteiger partial charge in [0.1, 0.15) is 0 Å². The number of nitrogens with zero attached hydrogens (tertiary/aromatic N) is 1. The summed E-state index contributed by atoms with van der Waals surface area (Å²) < 4.78 is 0. The molecule has 2 rings (SSSR count). The number of aromatic nitrogens is 1. The molecule has 1 aromatic heterocycles. The molecule has 1 amide bonds. The third kappa shape index (κ3) is 2.79. The quantitative estimate of drug-likeness (QED) is 0.786. The first-order chi connectivity index (χ1) is 7.75. The van der Waals surface area contributed by atoms with Crippen LogP contribution in [0, 0.1) is 5.92 Å². The fourth-order valence-corrected chi connectivity index (χ4v) is 1.93. The maximum absolute atomic E-state index is 11.8. The lowest BCUT2D eigenvalue weighted by atomic mass is 10.1. The molecule has 1 fully saturated rings. The molecule has 0 saturated carbocycles. The Morgan fingerprint density at radius 3 is 2.94 bits per heavy atom. The number of amides is 1. The molecule has 0 bridgehead atoms. The van der Waals surface area contributed by atoms with Gasteiger partial charge in [0.15, 0.2) is 0 Å². The summed E-state index contributed by atoms with van der Waals surface area (Å²) in [6.07, 6.45) is 4.40. The highest BCUT2D eigenvalue weighted by molar-refractivity contribution is 5.82. The Morgan fingerprint density at radius 2 is 2.31 bits per heavy atom. The average Bonchev–Trinajstić information content (AvgIpc) is 2.74. The molecule has 0 radical (unpaired) electrons. The second kappa shape index (κ2) is 5.07. The van der Waals surface area contributed by atoms with Crippen molar-refractivity contribution in [2.45, 2.75) is 25.9 Å². The topological polar surface area (TPSA) is 54.0 Å². The molecule has 1 aliphatic heterocycles. The van der Waals surface area contributed by atoms with E-state index in [2.05, 4.69) is 22.5 Å². The number of nitrogens with one attached hydrogen (secondary N) is 2. The van der Waals surface area contributed by atoms with Crippen molar-refractivity contribution in [3.8, 4) is 0 Å². The zero-order valence-electron chi connectivity index (χ0n) is 9.44. The number of carbonyl (C=O) groups excluding carboxylic acids is 1. The molecule has 2 atom stereocenters. The summed E-state index contributed by atoms with van der Waals surface area (Å²) in [5, 5.41) is 6.15. The van der Waals surface area contributed by atoms with Crippen LogP contribution in [0.5, 0.6) is 0 Å². The van der Waals surface area contributed by atoms with E-state index < -0.39 is 0 Å². The first kappa shape index (κ1) is 11.1. The van der Waals surface area contributed by atoms with Gasteiger partial charge in [-0.15, -0.1) is 0 Å². The summed E-state index contributed by atoms with van der Waals surface area (Å²) in [7, 11) is 0. The van der Waals surface area contributed by atoms with Gasteiger partial charge in [0.05, 0.1) is 6.04 Å². The Bertz CT molecular complexity index is 353. The van der Waals surface area contributed by atoms with Gasteiger partial charge < -0.3 is 10.6 Å². The maximum Gasteiger partial charge on any atom is 0.237 e. The number of hydrogen-bond acceptors (Lipinski definition) is 3. The van der Waals surface area contributed by atoms with Crippen molar-refractivity contribution in [3.63, 3.8) is 0 Å². The van der Waals surface area contributed by atoms with Gasteiger partial charge in [-0.1, -0.05) is 6.92 Å². The highest BCUT2D eigenvalue weighted by Gasteiger charge is 2.26. The van der Waals surface area contributed by atoms with Gasteiger partial charge in [0.2, 0.25) is 5.91 Å². The van der Waals surface area contributed by atoms with Crippen molar-refractivity contribution in [1.29, 1.82) is 0 Å². The zero-order valence-corrected chi connectivity index (χ0v) is 9.44. The van der Waals surface area contributed by atoms with Gasteiger partial charge in [-0.25, -0.2) is 0 Å². The average molecular weight is 219 g/mol. The largest absolute Gasteiger partial charge is 0.351 e. The van der Waals surface area contributed by atoms with Crippen LogP contribution in [0.2, 0.25) is 0 Å². The van der Waals surface area contributed by atoms with Gasteiger partial charge in [0.25, 0.3) is 0 Å². The van der Waals surface area contributed by atoms with Crippen LogP contribution in [0.15, 0.2) is 24.5 Å². The summed E-state index contributed by atoms with van der Waals surface area (Å²) in [4.78, 5) is 15.7. The van der Waals surface area contributed by atoms with Crippen molar-refractivity contribution < 1.29 is 4.79 Å². The third-order valence-electron chi connectivity index (χ3n) is 2.88. The number of pyridine rings is 1. The Hall–Kier alpha value is -1.42. The minimum Gasteiger partial charge on any atom is -0.351 e. The molecule has 0 aliphatic carbocycles. The summed E-state index contributed by atoms with van der Waals surface area (Å²) in [6, 6.07) is 3.80. The molecule has 4 nitrogen and oxygen atoms in total. The van der Waals surface area contributed by atoms with Gasteiger partial charge in [-0.3, -0.25) is 9.78 Å². The standard InChI is InChI=1S/C12H17N3O/c1-9-6-11(14-7-9)12(16)15-8-10-2-4-13-5-3-10/h2-5,9,11,14H,6-8H2,1H3,(H,15,16)/t9?,11-/m0/s1. The fraction of sp³-hybridized carbons (Fsp3) is 0.500. The van der Waals surface area contributed by atoms with Crippen molar-refractivity contribution >= 4 is 5.91 Å². The summed E-state index contributed by atoms with van der Waals surface area (Å²) >= 11 is 0. The van der Waals surface area contributed by atoms with E-state index in [1.807, 2.05) is 12.1 Å². The van der Waals surface area contributed by atoms with E-state index in [1.54, 1.807) is 12.4 Å². The van der Waals surface area contributed by atoms with E-state index in [-0.39, 0.29) is 11.9 Å². The number of carbonyl (C=O) groups is 1. The molecular weight excluding hydrogens is 202 g/mol. The van der Waals surface area contributed by atoms with Crippen LogP contribution in [-0.4, -0.2) is 23.5 Å². The van der Waals surface area contributed by atoms with Crippen molar-refractivity contribution in [3.05, 3.63) is 30.1 Å². The van der Waals surface area contributed by atoms with E-state index in [0.29, 0.717) is 12.5 Å². The van der Waals surface area contributed by atoms with E-state index in [0.717, 1.165) is 18.5 Å². The summed E-state index contributed by atoms with van der Waals surface area (Å²) in [5.74, 6) is 0.692. The van der Waals surface area contributed by atoms with Crippen LogP contribution in [-0.2, 0) is 11.3 Å². The molecule has 16 heavy (non-hydrogen) atoms. The third-order valence-corrected chi connectivity index (χ3v) is 2.88. The Kier molecular flexibility index (Phi) is 3.51. The molecule has 4 heteroatoms. The molecular formula is C12H17N3O. The summed E-state index contributed by atoms with van der Waals surface area (Å²) in [6.45, 7) is 3.67. The SMILES string of the molecule is CC1CN[C@H](C(=O)NCc2ccncc2)C1. The van der Waals surface area contributed by atoms with Crippen LogP contribution < -0.4 is 10.6 Å². The Morgan fingerprint density at radius 1 is 1.56 bits per heavy atom. The number of hydrogen-bond donors (Lipinski definition) is 2. The van der Waals surface area contributed by atoms with Gasteiger partial charge in [0, 0.05) is 18.9 Å². The molecule has 1 aliphatic rings. The minimum absolute atomic E-state index is 0.0168. The van der Waals surface area contributed by atoms with Crippen LogP contribution in [0.3, 0.4) is 0 Å². The Labute approximate surface area is 95.5 Å². The van der Waals surface area contributed by atoms with Crippen LogP contribution in [0.4, 0.5) is 0 Å². The minimum atomic E-state index is -0.0168. The zero-order chi connectivity index (χ0) is 11.4. The van der Waals surface area contributed by atoms with Gasteiger partial charge >= 0.3 is 0 Å². The van der Waals surface area contributed by atoms with E-state index in [4.69, 9.17) is 0 Å². The molecule has 1 aromatic rings. The molecule has 2 N–H and O–H groups in total. The second-order valence-corrected chi connectivity index (χ2v) is 4.37. The van der Waals surface area contributed by atoms with E-state index >= 15 is 0 Å². The highest BCUT2D eigenvalue weighted by Crippen LogP contribution is 2.12. The Balaban J connectivity index is 1.80. The predicted molar refractivity (Wildman–Crippen MR) is 61.7 cm³/mol. The van der Waals surface area contributed by atoms with Crippen LogP contribution in [0.25, 0.3) is 0 Å². The van der Waals surface area contributed by atoms with Crippen molar-refractivity contribution in [1.82, 2.24) is 15.6 Å². The van der Waals surface area contributed by atoms with E-state index in [1.165, 1.54) is 0 Å². The van der Waals surface area contributed by atoms with Gasteiger partial charge in [-0.05, 0) is 36.6 Å². The lowest BCUT2D eigenvalue weighted by Crippen LogP contribution is -2.39. The maximum atomic E-state index is 11.8. The van der Waals surface area contributed by atoms with Crippen molar-refractivity contribution in [2.24, 2.45) is 5.92 Å². The molecule has 86 valence electrons. The van der Waals surface area contributed by atoms with Crippen LogP contribution >= 0.6 is 0 Å². The summed E-state index contributed by atoms with van der Waals surface area (Å²) in [5.41, 5.74) is 1.08. The molecule has 0 aromatic carbocycles. The monoisotopic (exact) mass is 219 g/mol. The molecule has 0 spiro atoms. The van der Waals surface area contributed by atoms with Gasteiger partial charge in [-0.2, -0.15) is 0 Å².